The van der Waals surface area contributed by atoms with E-state index >= 15 is 0 Å². The van der Waals surface area contributed by atoms with Crippen LogP contribution in [0.3, 0.4) is 0 Å². The van der Waals surface area contributed by atoms with Gasteiger partial charge in [0.25, 0.3) is 0 Å². The Labute approximate surface area is 119 Å². The fourth-order valence-corrected chi connectivity index (χ4v) is 2.74. The maximum Gasteiger partial charge on any atom is 0.241 e. The van der Waals surface area contributed by atoms with Crippen LogP contribution >= 0.6 is 15.9 Å². The first-order valence-corrected chi connectivity index (χ1v) is 7.71. The smallest absolute Gasteiger partial charge is 0.241 e. The molecule has 0 atom stereocenters. The van der Waals surface area contributed by atoms with Gasteiger partial charge in [0.2, 0.25) is 15.9 Å². The predicted molar refractivity (Wildman–Crippen MR) is 71.9 cm³/mol. The Kier molecular flexibility index (Phi) is 4.02. The van der Waals surface area contributed by atoms with Gasteiger partial charge in [-0.1, -0.05) is 21.1 Å². The minimum absolute atomic E-state index is 0.0295. The second-order valence-electron chi connectivity index (χ2n) is 3.97. The molecule has 0 bridgehead atoms. The Bertz CT molecular complexity index is 697. The van der Waals surface area contributed by atoms with Gasteiger partial charge in [0.15, 0.2) is 5.82 Å². The second-order valence-corrected chi connectivity index (χ2v) is 6.59. The number of aromatic nitrogens is 2. The van der Waals surface area contributed by atoms with E-state index in [2.05, 4.69) is 30.8 Å². The lowest BCUT2D eigenvalue weighted by molar-refractivity contribution is 0.372. The molecule has 1 N–H and O–H groups in total. The van der Waals surface area contributed by atoms with E-state index in [4.69, 9.17) is 4.52 Å². The molecule has 6 nitrogen and oxygen atoms in total. The van der Waals surface area contributed by atoms with Crippen LogP contribution in [0, 0.1) is 13.8 Å². The van der Waals surface area contributed by atoms with Crippen molar-refractivity contribution in [3.8, 4) is 0 Å². The molecule has 0 fully saturated rings. The molecule has 102 valence electrons. The number of hydrogen-bond acceptors (Lipinski definition) is 5. The third-order valence-corrected chi connectivity index (χ3v) is 4.71. The van der Waals surface area contributed by atoms with Crippen LogP contribution in [0.4, 0.5) is 0 Å². The third kappa shape index (κ3) is 3.40. The third-order valence-electron chi connectivity index (χ3n) is 2.42. The maximum absolute atomic E-state index is 12.1. The lowest BCUT2D eigenvalue weighted by Gasteiger charge is -2.06. The van der Waals surface area contributed by atoms with Gasteiger partial charge < -0.3 is 4.52 Å². The maximum atomic E-state index is 12.1. The van der Waals surface area contributed by atoms with Gasteiger partial charge in [-0.25, -0.2) is 13.1 Å². The van der Waals surface area contributed by atoms with E-state index in [1.165, 1.54) is 6.07 Å². The minimum Gasteiger partial charge on any atom is -0.338 e. The molecule has 1 aromatic carbocycles. The first kappa shape index (κ1) is 14.2. The summed E-state index contributed by atoms with van der Waals surface area (Å²) in [5.74, 6) is 0.698. The number of nitrogens with zero attached hydrogens (tertiary/aromatic N) is 2. The monoisotopic (exact) mass is 345 g/mol. The summed E-state index contributed by atoms with van der Waals surface area (Å²) in [6.07, 6.45) is 0. The molecule has 0 saturated carbocycles. The van der Waals surface area contributed by atoms with E-state index in [-0.39, 0.29) is 17.3 Å². The molecule has 2 aromatic rings. The fraction of sp³-hybridized carbons (Fsp3) is 0.273. The summed E-state index contributed by atoms with van der Waals surface area (Å²) >= 11 is 3.33. The van der Waals surface area contributed by atoms with Gasteiger partial charge in [-0.15, -0.1) is 0 Å². The molecule has 0 aliphatic carbocycles. The molecule has 1 heterocycles. The molecule has 0 aliphatic rings. The summed E-state index contributed by atoms with van der Waals surface area (Å²) in [5.41, 5.74) is 0.844. The van der Waals surface area contributed by atoms with Crippen LogP contribution in [0.1, 0.15) is 17.3 Å². The van der Waals surface area contributed by atoms with Crippen molar-refractivity contribution in [3.63, 3.8) is 0 Å². The van der Waals surface area contributed by atoms with Crippen molar-refractivity contribution in [1.82, 2.24) is 14.9 Å². The van der Waals surface area contributed by atoms with Crippen molar-refractivity contribution in [2.45, 2.75) is 25.3 Å². The molecule has 0 radical (unpaired) electrons. The average molecular weight is 346 g/mol. The molecule has 0 amide bonds. The normalized spacial score (nSPS) is 11.7. The van der Waals surface area contributed by atoms with Crippen LogP contribution in [0.2, 0.25) is 0 Å². The molecule has 0 aliphatic heterocycles. The highest BCUT2D eigenvalue weighted by atomic mass is 79.9. The van der Waals surface area contributed by atoms with E-state index in [0.717, 1.165) is 10.0 Å². The molecule has 8 heteroatoms. The molecule has 1 aromatic heterocycles. The van der Waals surface area contributed by atoms with Crippen LogP contribution in [0.5, 0.6) is 0 Å². The largest absolute Gasteiger partial charge is 0.338 e. The molecule has 0 unspecified atom stereocenters. The van der Waals surface area contributed by atoms with E-state index in [0.29, 0.717) is 5.82 Å². The number of hydrogen-bond donors (Lipinski definition) is 1. The van der Waals surface area contributed by atoms with Crippen molar-refractivity contribution in [2.75, 3.05) is 0 Å². The van der Waals surface area contributed by atoms with Gasteiger partial charge in [0, 0.05) is 4.47 Å². The zero-order chi connectivity index (χ0) is 14.0. The Morgan fingerprint density at radius 2 is 2.11 bits per heavy atom. The van der Waals surface area contributed by atoms with E-state index in [1.807, 2.05) is 6.92 Å². The molecule has 0 spiro atoms. The summed E-state index contributed by atoms with van der Waals surface area (Å²) in [6.45, 7) is 3.46. The summed E-state index contributed by atoms with van der Waals surface area (Å²) in [4.78, 5) is 4.13. The molecule has 19 heavy (non-hydrogen) atoms. The van der Waals surface area contributed by atoms with Gasteiger partial charge in [-0.3, -0.25) is 0 Å². The summed E-state index contributed by atoms with van der Waals surface area (Å²) in [7, 11) is -3.59. The Balaban J connectivity index is 2.16. The van der Waals surface area contributed by atoms with Crippen LogP contribution in [-0.4, -0.2) is 18.6 Å². The van der Waals surface area contributed by atoms with E-state index in [1.54, 1.807) is 19.1 Å². The first-order chi connectivity index (χ1) is 8.88. The molecular weight excluding hydrogens is 334 g/mol. The zero-order valence-corrected chi connectivity index (χ0v) is 12.7. The second kappa shape index (κ2) is 5.40. The number of benzene rings is 1. The first-order valence-electron chi connectivity index (χ1n) is 5.43. The highest BCUT2D eigenvalue weighted by Gasteiger charge is 2.16. The number of halogens is 1. The molecule has 0 saturated heterocycles. The van der Waals surface area contributed by atoms with Crippen LogP contribution in [0.25, 0.3) is 0 Å². The lowest BCUT2D eigenvalue weighted by Crippen LogP contribution is -2.23. The molecule has 2 rings (SSSR count). The van der Waals surface area contributed by atoms with Gasteiger partial charge in [-0.05, 0) is 37.6 Å². The predicted octanol–water partition coefficient (Wildman–Crippen LogP) is 1.93. The van der Waals surface area contributed by atoms with Crippen molar-refractivity contribution >= 4 is 26.0 Å². The number of sulfonamides is 1. The van der Waals surface area contributed by atoms with Gasteiger partial charge in [0.1, 0.15) is 0 Å². The minimum atomic E-state index is -3.59. The zero-order valence-electron chi connectivity index (χ0n) is 10.3. The van der Waals surface area contributed by atoms with Crippen molar-refractivity contribution in [2.24, 2.45) is 0 Å². The van der Waals surface area contributed by atoms with Crippen LogP contribution < -0.4 is 4.72 Å². The van der Waals surface area contributed by atoms with Crippen molar-refractivity contribution in [3.05, 3.63) is 40.0 Å². The Morgan fingerprint density at radius 1 is 1.37 bits per heavy atom. The number of aryl methyl sites for hydroxylation is 2. The van der Waals surface area contributed by atoms with Crippen molar-refractivity contribution in [1.29, 1.82) is 0 Å². The summed E-state index contributed by atoms with van der Waals surface area (Å²) in [6, 6.07) is 4.81. The fourth-order valence-electron chi connectivity index (χ4n) is 1.44. The lowest BCUT2D eigenvalue weighted by atomic mass is 10.2. The average Bonchev–Trinajstić information content (AvgIpc) is 2.76. The van der Waals surface area contributed by atoms with Gasteiger partial charge in [0.05, 0.1) is 11.4 Å². The van der Waals surface area contributed by atoms with Crippen LogP contribution in [0.15, 0.2) is 32.1 Å². The quantitative estimate of drug-likeness (QED) is 0.914. The van der Waals surface area contributed by atoms with Crippen LogP contribution in [-0.2, 0) is 16.6 Å². The summed E-state index contributed by atoms with van der Waals surface area (Å²) < 4.78 is 32.2. The van der Waals surface area contributed by atoms with Gasteiger partial charge in [-0.2, -0.15) is 4.98 Å². The van der Waals surface area contributed by atoms with Crippen molar-refractivity contribution < 1.29 is 12.9 Å². The van der Waals surface area contributed by atoms with E-state index in [9.17, 15) is 8.42 Å². The van der Waals surface area contributed by atoms with E-state index < -0.39 is 10.0 Å². The number of rotatable bonds is 4. The highest BCUT2D eigenvalue weighted by molar-refractivity contribution is 9.10. The SMILES string of the molecule is Cc1noc(CNS(=O)(=O)c2ccc(Br)c(C)c2)n1. The van der Waals surface area contributed by atoms with Gasteiger partial charge >= 0.3 is 0 Å². The number of nitrogens with one attached hydrogen (secondary N) is 1. The summed E-state index contributed by atoms with van der Waals surface area (Å²) in [5, 5.41) is 3.59. The topological polar surface area (TPSA) is 85.1 Å². The molecular formula is C11H12BrN3O3S. The Hall–Kier alpha value is -1.25. The standard InChI is InChI=1S/C11H12BrN3O3S/c1-7-5-9(3-4-10(7)12)19(16,17)13-6-11-14-8(2)15-18-11/h3-5,13H,6H2,1-2H3. The Morgan fingerprint density at radius 3 is 2.68 bits per heavy atom. The highest BCUT2D eigenvalue weighted by Crippen LogP contribution is 2.20.